The van der Waals surface area contributed by atoms with Crippen LogP contribution in [0.5, 0.6) is 0 Å². The lowest BCUT2D eigenvalue weighted by molar-refractivity contribution is -0.113. The molecule has 7 nitrogen and oxygen atoms in total. The van der Waals surface area contributed by atoms with Gasteiger partial charge in [0.25, 0.3) is 0 Å². The zero-order chi connectivity index (χ0) is 16.2. The minimum absolute atomic E-state index is 0.0992. The molecule has 0 aliphatic carbocycles. The van der Waals surface area contributed by atoms with E-state index in [1.807, 2.05) is 0 Å². The topological polar surface area (TPSA) is 102 Å². The number of carbonyl (C=O) groups excluding carboxylic acids is 1. The molecule has 0 radical (unpaired) electrons. The van der Waals surface area contributed by atoms with Crippen LogP contribution in [0, 0.1) is 6.92 Å². The van der Waals surface area contributed by atoms with Crippen molar-refractivity contribution in [2.75, 3.05) is 17.3 Å². The van der Waals surface area contributed by atoms with E-state index in [1.54, 1.807) is 25.1 Å². The van der Waals surface area contributed by atoms with Gasteiger partial charge in [0.2, 0.25) is 11.8 Å². The highest BCUT2D eigenvalue weighted by Crippen LogP contribution is 2.21. The first kappa shape index (κ1) is 16.5. The minimum atomic E-state index is -3.39. The fraction of sp³-hybridized carbons (Fsp3) is 0.308. The lowest BCUT2D eigenvalue weighted by atomic mass is 10.3. The quantitative estimate of drug-likeness (QED) is 0.852. The number of hydrogen-bond acceptors (Lipinski definition) is 7. The molecule has 2 aromatic rings. The van der Waals surface area contributed by atoms with Gasteiger partial charge in [-0.2, -0.15) is 4.98 Å². The van der Waals surface area contributed by atoms with Gasteiger partial charge in [0.05, 0.1) is 22.1 Å². The second-order valence-electron chi connectivity index (χ2n) is 4.54. The molecule has 0 aliphatic heterocycles. The number of nitrogens with one attached hydrogen (secondary N) is 1. The highest BCUT2D eigenvalue weighted by Gasteiger charge is 2.14. The monoisotopic (exact) mass is 341 g/mol. The molecule has 0 spiro atoms. The predicted octanol–water partition coefficient (Wildman–Crippen LogP) is 1.65. The van der Waals surface area contributed by atoms with Crippen molar-refractivity contribution in [2.45, 2.75) is 17.6 Å². The molecule has 9 heteroatoms. The second kappa shape index (κ2) is 6.93. The van der Waals surface area contributed by atoms with Crippen molar-refractivity contribution in [3.05, 3.63) is 36.0 Å². The van der Waals surface area contributed by atoms with Crippen LogP contribution in [0.15, 0.2) is 33.7 Å². The van der Waals surface area contributed by atoms with Crippen LogP contribution < -0.4 is 5.32 Å². The molecule has 0 saturated heterocycles. The largest absolute Gasteiger partial charge is 0.340 e. The first-order valence-electron chi connectivity index (χ1n) is 6.32. The van der Waals surface area contributed by atoms with E-state index in [4.69, 9.17) is 4.52 Å². The van der Waals surface area contributed by atoms with Gasteiger partial charge in [0, 0.05) is 13.2 Å². The Labute approximate surface area is 132 Å². The Balaban J connectivity index is 1.92. The summed E-state index contributed by atoms with van der Waals surface area (Å²) in [6.07, 6.45) is 1.10. The lowest BCUT2D eigenvalue weighted by Crippen LogP contribution is -2.16. The smallest absolute Gasteiger partial charge is 0.234 e. The van der Waals surface area contributed by atoms with Crippen LogP contribution in [0.2, 0.25) is 0 Å². The average molecular weight is 341 g/mol. The van der Waals surface area contributed by atoms with E-state index in [9.17, 15) is 13.2 Å². The van der Waals surface area contributed by atoms with Crippen molar-refractivity contribution >= 4 is 33.2 Å². The van der Waals surface area contributed by atoms with E-state index in [0.717, 1.165) is 6.26 Å². The van der Waals surface area contributed by atoms with Crippen molar-refractivity contribution in [1.29, 1.82) is 0 Å². The first-order valence-corrected chi connectivity index (χ1v) is 9.37. The summed E-state index contributed by atoms with van der Waals surface area (Å²) >= 11 is 1.31. The number of aryl methyl sites for hydroxylation is 1. The summed E-state index contributed by atoms with van der Waals surface area (Å²) in [6.45, 7) is 1.69. The Kier molecular flexibility index (Phi) is 5.19. The fourth-order valence-electron chi connectivity index (χ4n) is 1.71. The second-order valence-corrected chi connectivity index (χ2v) is 7.51. The van der Waals surface area contributed by atoms with Crippen LogP contribution in [0.3, 0.4) is 0 Å². The standard InChI is InChI=1S/C13H15N3O4S2/c1-9-14-12(16-20-9)7-21-8-13(17)15-10-5-3-4-6-11(10)22(2,18)19/h3-6H,7-8H2,1-2H3,(H,15,17). The summed E-state index contributed by atoms with van der Waals surface area (Å²) in [6, 6.07) is 6.29. The molecular weight excluding hydrogens is 326 g/mol. The molecule has 118 valence electrons. The van der Waals surface area contributed by atoms with Gasteiger partial charge >= 0.3 is 0 Å². The number of para-hydroxylation sites is 1. The summed E-state index contributed by atoms with van der Waals surface area (Å²) in [4.78, 5) is 16.0. The van der Waals surface area contributed by atoms with Gasteiger partial charge in [-0.1, -0.05) is 17.3 Å². The predicted molar refractivity (Wildman–Crippen MR) is 83.4 cm³/mol. The summed E-state index contributed by atoms with van der Waals surface area (Å²) in [5.41, 5.74) is 0.283. The van der Waals surface area contributed by atoms with Gasteiger partial charge in [0.1, 0.15) is 0 Å². The molecule has 22 heavy (non-hydrogen) atoms. The van der Waals surface area contributed by atoms with Gasteiger partial charge in [-0.15, -0.1) is 11.8 Å². The molecule has 1 aromatic carbocycles. The Morgan fingerprint density at radius 2 is 2.09 bits per heavy atom. The zero-order valence-corrected chi connectivity index (χ0v) is 13.7. The summed E-state index contributed by atoms with van der Waals surface area (Å²) in [7, 11) is -3.39. The van der Waals surface area contributed by atoms with Gasteiger partial charge in [-0.25, -0.2) is 8.42 Å². The third-order valence-corrected chi connectivity index (χ3v) is 4.68. The van der Waals surface area contributed by atoms with E-state index in [2.05, 4.69) is 15.5 Å². The normalized spacial score (nSPS) is 11.4. The maximum Gasteiger partial charge on any atom is 0.234 e. The highest BCUT2D eigenvalue weighted by molar-refractivity contribution is 7.99. The van der Waals surface area contributed by atoms with Gasteiger partial charge in [-0.3, -0.25) is 4.79 Å². The number of carbonyl (C=O) groups is 1. The molecule has 1 aromatic heterocycles. The molecule has 1 heterocycles. The average Bonchev–Trinajstić information content (AvgIpc) is 2.84. The molecular formula is C13H15N3O4S2. The summed E-state index contributed by atoms with van der Waals surface area (Å²) in [5, 5.41) is 6.33. The van der Waals surface area contributed by atoms with E-state index in [1.165, 1.54) is 17.8 Å². The third-order valence-electron chi connectivity index (χ3n) is 2.59. The Morgan fingerprint density at radius 3 is 2.73 bits per heavy atom. The number of thioether (sulfide) groups is 1. The molecule has 1 amide bonds. The lowest BCUT2D eigenvalue weighted by Gasteiger charge is -2.09. The van der Waals surface area contributed by atoms with Gasteiger partial charge < -0.3 is 9.84 Å². The first-order chi connectivity index (χ1) is 10.4. The van der Waals surface area contributed by atoms with Crippen molar-refractivity contribution in [3.63, 3.8) is 0 Å². The zero-order valence-electron chi connectivity index (χ0n) is 12.1. The van der Waals surface area contributed by atoms with Crippen LogP contribution in [-0.2, 0) is 20.4 Å². The number of aromatic nitrogens is 2. The Morgan fingerprint density at radius 1 is 1.36 bits per heavy atom. The number of benzene rings is 1. The van der Waals surface area contributed by atoms with Crippen LogP contribution in [0.1, 0.15) is 11.7 Å². The van der Waals surface area contributed by atoms with Gasteiger partial charge in [-0.05, 0) is 12.1 Å². The van der Waals surface area contributed by atoms with Crippen molar-refractivity contribution in [1.82, 2.24) is 10.1 Å². The van der Waals surface area contributed by atoms with E-state index >= 15 is 0 Å². The number of hydrogen-bond donors (Lipinski definition) is 1. The highest BCUT2D eigenvalue weighted by atomic mass is 32.2. The molecule has 0 fully saturated rings. The SMILES string of the molecule is Cc1nc(CSCC(=O)Nc2ccccc2S(C)(=O)=O)no1. The third kappa shape index (κ3) is 4.57. The number of nitrogens with zero attached hydrogens (tertiary/aromatic N) is 2. The van der Waals surface area contributed by atoms with Crippen LogP contribution in [0.25, 0.3) is 0 Å². The molecule has 1 N–H and O–H groups in total. The molecule has 0 bridgehead atoms. The van der Waals surface area contributed by atoms with E-state index < -0.39 is 9.84 Å². The maximum atomic E-state index is 11.9. The number of rotatable bonds is 6. The van der Waals surface area contributed by atoms with E-state index in [-0.39, 0.29) is 22.2 Å². The summed E-state index contributed by atoms with van der Waals surface area (Å²) in [5.74, 6) is 1.31. The van der Waals surface area contributed by atoms with Crippen molar-refractivity contribution in [3.8, 4) is 0 Å². The van der Waals surface area contributed by atoms with Crippen LogP contribution in [-0.4, -0.2) is 36.5 Å². The number of amides is 1. The molecule has 0 aliphatic rings. The molecule has 0 saturated carbocycles. The van der Waals surface area contributed by atoms with Crippen LogP contribution >= 0.6 is 11.8 Å². The molecule has 0 atom stereocenters. The Bertz CT molecular complexity index is 771. The number of anilines is 1. The van der Waals surface area contributed by atoms with Gasteiger partial charge in [0.15, 0.2) is 15.7 Å². The number of sulfone groups is 1. The van der Waals surface area contributed by atoms with Crippen LogP contribution in [0.4, 0.5) is 5.69 Å². The maximum absolute atomic E-state index is 11.9. The van der Waals surface area contributed by atoms with E-state index in [0.29, 0.717) is 17.5 Å². The van der Waals surface area contributed by atoms with Crippen molar-refractivity contribution < 1.29 is 17.7 Å². The molecule has 2 rings (SSSR count). The summed E-state index contributed by atoms with van der Waals surface area (Å²) < 4.78 is 28.1. The molecule has 0 unspecified atom stereocenters. The van der Waals surface area contributed by atoms with Crippen molar-refractivity contribution in [2.24, 2.45) is 0 Å². The fourth-order valence-corrected chi connectivity index (χ4v) is 3.22. The minimum Gasteiger partial charge on any atom is -0.340 e. The Hall–Kier alpha value is -1.87.